The minimum Gasteiger partial charge on any atom is -0.396 e. The lowest BCUT2D eigenvalue weighted by molar-refractivity contribution is 0.322. The molecule has 0 amide bonds. The molecule has 3 rings (SSSR count). The van der Waals surface area contributed by atoms with Crippen molar-refractivity contribution < 1.29 is 5.11 Å². The van der Waals surface area contributed by atoms with Crippen molar-refractivity contribution in [2.24, 2.45) is 0 Å². The average molecular weight is 330 g/mol. The van der Waals surface area contributed by atoms with E-state index in [1.54, 1.807) is 23.5 Å². The molecule has 1 heterocycles. The Balaban J connectivity index is 1.73. The van der Waals surface area contributed by atoms with Gasteiger partial charge in [-0.2, -0.15) is 0 Å². The first-order chi connectivity index (χ1) is 10.8. The second-order valence-corrected chi connectivity index (χ2v) is 7.06. The van der Waals surface area contributed by atoms with Gasteiger partial charge in [-0.1, -0.05) is 36.0 Å². The first-order valence-electron chi connectivity index (χ1n) is 7.17. The predicted octanol–water partition coefficient (Wildman–Crippen LogP) is 4.25. The molecule has 3 nitrogen and oxygen atoms in total. The molecule has 0 radical (unpaired) electrons. The average Bonchev–Trinajstić information content (AvgIpc) is 2.95. The van der Waals surface area contributed by atoms with Crippen LogP contribution in [0.15, 0.2) is 52.5 Å². The van der Waals surface area contributed by atoms with Crippen molar-refractivity contribution >= 4 is 34.6 Å². The first kappa shape index (κ1) is 15.5. The van der Waals surface area contributed by atoms with Crippen LogP contribution in [-0.2, 0) is 5.75 Å². The summed E-state index contributed by atoms with van der Waals surface area (Å²) < 4.78 is 0. The molecule has 0 atom stereocenters. The lowest BCUT2D eigenvalue weighted by atomic mass is 10.1. The van der Waals surface area contributed by atoms with Crippen molar-refractivity contribution in [1.82, 2.24) is 9.97 Å². The van der Waals surface area contributed by atoms with Gasteiger partial charge in [-0.15, -0.1) is 11.8 Å². The third kappa shape index (κ3) is 3.48. The van der Waals surface area contributed by atoms with Crippen LogP contribution in [0.1, 0.15) is 11.1 Å². The maximum absolute atomic E-state index is 8.97. The number of para-hydroxylation sites is 2. The van der Waals surface area contributed by atoms with E-state index in [4.69, 9.17) is 5.11 Å². The molecule has 0 fully saturated rings. The molecule has 2 aromatic carbocycles. The summed E-state index contributed by atoms with van der Waals surface area (Å²) in [5.41, 5.74) is 4.70. The molecule has 0 aliphatic heterocycles. The van der Waals surface area contributed by atoms with E-state index in [9.17, 15) is 0 Å². The number of imidazole rings is 1. The maximum atomic E-state index is 8.97. The van der Waals surface area contributed by atoms with Crippen molar-refractivity contribution in [3.8, 4) is 0 Å². The molecular formula is C17H18N2OS2. The monoisotopic (exact) mass is 330 g/mol. The molecule has 0 aliphatic rings. The number of aromatic amines is 1. The number of hydrogen-bond donors (Lipinski definition) is 2. The van der Waals surface area contributed by atoms with Gasteiger partial charge in [0, 0.05) is 16.4 Å². The van der Waals surface area contributed by atoms with Crippen molar-refractivity contribution in [3.05, 3.63) is 53.6 Å². The van der Waals surface area contributed by atoms with Gasteiger partial charge in [0.1, 0.15) is 0 Å². The Morgan fingerprint density at radius 1 is 1.09 bits per heavy atom. The fourth-order valence-electron chi connectivity index (χ4n) is 2.27. The van der Waals surface area contributed by atoms with Crippen LogP contribution in [0.2, 0.25) is 0 Å². The number of nitrogens with one attached hydrogen (secondary N) is 1. The Morgan fingerprint density at radius 3 is 2.77 bits per heavy atom. The standard InChI is InChI=1S/C17H18N2OS2/c1-12-13(5-4-8-16(12)21-10-9-20)11-22-17-18-14-6-2-3-7-15(14)19-17/h2-8,20H,9-11H2,1H3,(H,18,19). The van der Waals surface area contributed by atoms with E-state index >= 15 is 0 Å². The minimum absolute atomic E-state index is 0.210. The van der Waals surface area contributed by atoms with Crippen LogP contribution in [0.4, 0.5) is 0 Å². The fourth-order valence-corrected chi connectivity index (χ4v) is 4.06. The van der Waals surface area contributed by atoms with Crippen LogP contribution >= 0.6 is 23.5 Å². The number of thioether (sulfide) groups is 2. The van der Waals surface area contributed by atoms with Gasteiger partial charge in [0.2, 0.25) is 0 Å². The lowest BCUT2D eigenvalue weighted by Crippen LogP contribution is -1.92. The quantitative estimate of drug-likeness (QED) is 0.664. The van der Waals surface area contributed by atoms with E-state index in [1.165, 1.54) is 16.0 Å². The molecule has 0 saturated heterocycles. The first-order valence-corrected chi connectivity index (χ1v) is 9.15. The second kappa shape index (κ2) is 7.22. The van der Waals surface area contributed by atoms with E-state index in [0.717, 1.165) is 27.7 Å². The molecule has 1 aromatic heterocycles. The van der Waals surface area contributed by atoms with E-state index in [-0.39, 0.29) is 6.61 Å². The van der Waals surface area contributed by atoms with E-state index in [2.05, 4.69) is 35.1 Å². The Hall–Kier alpha value is -1.43. The number of hydrogen-bond acceptors (Lipinski definition) is 4. The van der Waals surface area contributed by atoms with Crippen LogP contribution < -0.4 is 0 Å². The molecule has 0 bridgehead atoms. The van der Waals surface area contributed by atoms with Gasteiger partial charge in [-0.25, -0.2) is 4.98 Å². The summed E-state index contributed by atoms with van der Waals surface area (Å²) in [4.78, 5) is 9.19. The van der Waals surface area contributed by atoms with Crippen LogP contribution in [0.5, 0.6) is 0 Å². The summed E-state index contributed by atoms with van der Waals surface area (Å²) in [7, 11) is 0. The van der Waals surface area contributed by atoms with Crippen LogP contribution in [0, 0.1) is 6.92 Å². The molecule has 2 N–H and O–H groups in total. The van der Waals surface area contributed by atoms with Crippen molar-refractivity contribution in [2.75, 3.05) is 12.4 Å². The summed E-state index contributed by atoms with van der Waals surface area (Å²) in [6.45, 7) is 2.36. The number of aliphatic hydroxyl groups excluding tert-OH is 1. The highest BCUT2D eigenvalue weighted by molar-refractivity contribution is 7.99. The van der Waals surface area contributed by atoms with Gasteiger partial charge in [0.05, 0.1) is 17.6 Å². The van der Waals surface area contributed by atoms with Gasteiger partial charge in [-0.05, 0) is 36.2 Å². The van der Waals surface area contributed by atoms with Crippen molar-refractivity contribution in [1.29, 1.82) is 0 Å². The molecule has 0 spiro atoms. The number of fused-ring (bicyclic) bond motifs is 1. The third-order valence-electron chi connectivity index (χ3n) is 3.48. The van der Waals surface area contributed by atoms with E-state index in [1.807, 2.05) is 24.3 Å². The largest absolute Gasteiger partial charge is 0.396 e. The second-order valence-electron chi connectivity index (χ2n) is 4.96. The van der Waals surface area contributed by atoms with Gasteiger partial charge in [0.15, 0.2) is 5.16 Å². The molecule has 5 heteroatoms. The Morgan fingerprint density at radius 2 is 1.95 bits per heavy atom. The summed E-state index contributed by atoms with van der Waals surface area (Å²) in [5.74, 6) is 1.63. The highest BCUT2D eigenvalue weighted by Gasteiger charge is 2.07. The van der Waals surface area contributed by atoms with Gasteiger partial charge >= 0.3 is 0 Å². The number of H-pyrrole nitrogens is 1. The summed E-state index contributed by atoms with van der Waals surface area (Å²) in [6.07, 6.45) is 0. The highest BCUT2D eigenvalue weighted by Crippen LogP contribution is 2.29. The maximum Gasteiger partial charge on any atom is 0.166 e. The number of aliphatic hydroxyl groups is 1. The molecule has 114 valence electrons. The predicted molar refractivity (Wildman–Crippen MR) is 94.6 cm³/mol. The minimum atomic E-state index is 0.210. The number of aromatic nitrogens is 2. The van der Waals surface area contributed by atoms with Gasteiger partial charge < -0.3 is 10.1 Å². The van der Waals surface area contributed by atoms with Crippen molar-refractivity contribution in [3.63, 3.8) is 0 Å². The molecule has 0 unspecified atom stereocenters. The van der Waals surface area contributed by atoms with Gasteiger partial charge in [-0.3, -0.25) is 0 Å². The zero-order valence-corrected chi connectivity index (χ0v) is 14.0. The number of rotatable bonds is 6. The number of benzene rings is 2. The summed E-state index contributed by atoms with van der Waals surface area (Å²) in [6, 6.07) is 14.4. The summed E-state index contributed by atoms with van der Waals surface area (Å²) >= 11 is 3.42. The molecule has 22 heavy (non-hydrogen) atoms. The van der Waals surface area contributed by atoms with Crippen LogP contribution in [-0.4, -0.2) is 27.4 Å². The van der Waals surface area contributed by atoms with Gasteiger partial charge in [0.25, 0.3) is 0 Å². The van der Waals surface area contributed by atoms with Crippen LogP contribution in [0.25, 0.3) is 11.0 Å². The summed E-state index contributed by atoms with van der Waals surface area (Å²) in [5, 5.41) is 9.92. The Labute approximate surface area is 138 Å². The molecule has 0 aliphatic carbocycles. The normalized spacial score (nSPS) is 11.2. The zero-order chi connectivity index (χ0) is 15.4. The van der Waals surface area contributed by atoms with E-state index < -0.39 is 0 Å². The molecule has 0 saturated carbocycles. The SMILES string of the molecule is Cc1c(CSc2nc3ccccc3[nH]2)cccc1SCCO. The Kier molecular flexibility index (Phi) is 5.08. The van der Waals surface area contributed by atoms with Crippen LogP contribution in [0.3, 0.4) is 0 Å². The topological polar surface area (TPSA) is 48.9 Å². The highest BCUT2D eigenvalue weighted by atomic mass is 32.2. The number of nitrogens with zero attached hydrogens (tertiary/aromatic N) is 1. The fraction of sp³-hybridized carbons (Fsp3) is 0.235. The molecule has 3 aromatic rings. The van der Waals surface area contributed by atoms with Crippen molar-refractivity contribution in [2.45, 2.75) is 22.7 Å². The lowest BCUT2D eigenvalue weighted by Gasteiger charge is -2.09. The Bertz CT molecular complexity index is 737. The zero-order valence-electron chi connectivity index (χ0n) is 12.4. The smallest absolute Gasteiger partial charge is 0.166 e. The van der Waals surface area contributed by atoms with E-state index in [0.29, 0.717) is 0 Å². The molecular weight excluding hydrogens is 312 g/mol. The third-order valence-corrected chi connectivity index (χ3v) is 5.54.